The monoisotopic (exact) mass is 749 g/mol. The van der Waals surface area contributed by atoms with Gasteiger partial charge in [-0.1, -0.05) is 188 Å². The molecule has 0 saturated carbocycles. The Hall–Kier alpha value is -7.74. The molecule has 0 amide bonds. The average Bonchev–Trinajstić information content (AvgIpc) is 3.32. The summed E-state index contributed by atoms with van der Waals surface area (Å²) in [5.74, 6) is 0. The Balaban J connectivity index is 0.976. The third-order valence-corrected chi connectivity index (χ3v) is 11.9. The van der Waals surface area contributed by atoms with Gasteiger partial charge in [0.1, 0.15) is 0 Å². The highest BCUT2D eigenvalue weighted by atomic mass is 15.1. The zero-order chi connectivity index (χ0) is 39.1. The quantitative estimate of drug-likeness (QED) is 0.147. The van der Waals surface area contributed by atoms with Crippen LogP contribution in [0.2, 0.25) is 0 Å². The summed E-state index contributed by atoms with van der Waals surface area (Å²) in [6, 6.07) is 86.1. The predicted octanol–water partition coefficient (Wildman–Crippen LogP) is 16.4. The van der Waals surface area contributed by atoms with E-state index in [0.29, 0.717) is 0 Å². The van der Waals surface area contributed by atoms with Gasteiger partial charge in [-0.15, -0.1) is 0 Å². The van der Waals surface area contributed by atoms with Gasteiger partial charge in [-0.3, -0.25) is 0 Å². The Morgan fingerprint density at radius 1 is 0.203 bits per heavy atom. The molecule has 0 saturated heterocycles. The summed E-state index contributed by atoms with van der Waals surface area (Å²) < 4.78 is 0. The summed E-state index contributed by atoms with van der Waals surface area (Å²) in [6.45, 7) is 0. The fraction of sp³-hybridized carbons (Fsp3) is 0. The molecule has 11 rings (SSSR count). The first-order chi connectivity index (χ1) is 29.3. The lowest BCUT2D eigenvalue weighted by atomic mass is 9.89. The molecule has 0 aliphatic carbocycles. The van der Waals surface area contributed by atoms with Crippen molar-refractivity contribution in [3.05, 3.63) is 237 Å². The van der Waals surface area contributed by atoms with E-state index in [1.165, 1.54) is 87.6 Å². The molecule has 0 aromatic heterocycles. The van der Waals surface area contributed by atoms with Crippen LogP contribution in [0.3, 0.4) is 0 Å². The van der Waals surface area contributed by atoms with Gasteiger partial charge < -0.3 is 4.90 Å². The number of hydrogen-bond acceptors (Lipinski definition) is 1. The van der Waals surface area contributed by atoms with Crippen LogP contribution in [-0.4, -0.2) is 0 Å². The molecule has 0 radical (unpaired) electrons. The SMILES string of the molecule is c1ccc(N(c2ccc(-c3ccccc3-c3cc4ccccc4c4ccccc34)cc2)c2ccc(-c3ccccc3-c3cc4ccccc4c4ccccc34)cc2)cc1. The zero-order valence-electron chi connectivity index (χ0n) is 32.5. The molecule has 11 aromatic rings. The van der Waals surface area contributed by atoms with Gasteiger partial charge in [0.2, 0.25) is 0 Å². The van der Waals surface area contributed by atoms with Crippen molar-refractivity contribution in [3.63, 3.8) is 0 Å². The highest BCUT2D eigenvalue weighted by Gasteiger charge is 2.17. The number of rotatable bonds is 7. The normalized spacial score (nSPS) is 11.4. The smallest absolute Gasteiger partial charge is 0.0462 e. The largest absolute Gasteiger partial charge is 0.311 e. The van der Waals surface area contributed by atoms with Crippen molar-refractivity contribution in [2.45, 2.75) is 0 Å². The lowest BCUT2D eigenvalue weighted by molar-refractivity contribution is 1.28. The van der Waals surface area contributed by atoms with E-state index >= 15 is 0 Å². The second-order valence-corrected chi connectivity index (χ2v) is 15.2. The summed E-state index contributed by atoms with van der Waals surface area (Å²) in [5.41, 5.74) is 13.1. The third kappa shape index (κ3) is 6.12. The maximum Gasteiger partial charge on any atom is 0.0462 e. The van der Waals surface area contributed by atoms with E-state index in [1.807, 2.05) is 0 Å². The van der Waals surface area contributed by atoms with Crippen molar-refractivity contribution < 1.29 is 0 Å². The van der Waals surface area contributed by atoms with Crippen LogP contribution in [0.1, 0.15) is 0 Å². The lowest BCUT2D eigenvalue weighted by Crippen LogP contribution is -2.09. The molecule has 0 atom stereocenters. The first kappa shape index (κ1) is 34.5. The molecular formula is C58H39N. The van der Waals surface area contributed by atoms with Crippen LogP contribution in [-0.2, 0) is 0 Å². The maximum absolute atomic E-state index is 2.36. The Morgan fingerprint density at radius 2 is 0.525 bits per heavy atom. The molecule has 0 aliphatic heterocycles. The maximum atomic E-state index is 2.36. The molecule has 0 N–H and O–H groups in total. The van der Waals surface area contributed by atoms with Crippen molar-refractivity contribution in [1.29, 1.82) is 0 Å². The van der Waals surface area contributed by atoms with Crippen LogP contribution >= 0.6 is 0 Å². The molecule has 1 nitrogen and oxygen atoms in total. The van der Waals surface area contributed by atoms with E-state index in [9.17, 15) is 0 Å². The van der Waals surface area contributed by atoms with E-state index < -0.39 is 0 Å². The minimum atomic E-state index is 1.10. The molecular weight excluding hydrogens is 711 g/mol. The van der Waals surface area contributed by atoms with E-state index in [2.05, 4.69) is 241 Å². The van der Waals surface area contributed by atoms with Gasteiger partial charge in [0, 0.05) is 17.1 Å². The van der Waals surface area contributed by atoms with Gasteiger partial charge in [-0.25, -0.2) is 0 Å². The van der Waals surface area contributed by atoms with Crippen molar-refractivity contribution in [2.75, 3.05) is 4.90 Å². The summed E-state index contributed by atoms with van der Waals surface area (Å²) in [4.78, 5) is 2.35. The van der Waals surface area contributed by atoms with Gasteiger partial charge in [0.05, 0.1) is 0 Å². The Morgan fingerprint density at radius 3 is 0.966 bits per heavy atom. The molecule has 0 spiro atoms. The molecule has 276 valence electrons. The second kappa shape index (κ2) is 14.6. The third-order valence-electron chi connectivity index (χ3n) is 11.9. The molecule has 11 aromatic carbocycles. The molecule has 59 heavy (non-hydrogen) atoms. The molecule has 0 unspecified atom stereocenters. The Kier molecular flexibility index (Phi) is 8.56. The van der Waals surface area contributed by atoms with Crippen LogP contribution in [0.25, 0.3) is 87.6 Å². The second-order valence-electron chi connectivity index (χ2n) is 15.2. The van der Waals surface area contributed by atoms with Crippen LogP contribution in [0.5, 0.6) is 0 Å². The zero-order valence-corrected chi connectivity index (χ0v) is 32.5. The van der Waals surface area contributed by atoms with E-state index in [4.69, 9.17) is 0 Å². The number of nitrogens with zero attached hydrogens (tertiary/aromatic N) is 1. The van der Waals surface area contributed by atoms with Crippen LogP contribution in [0, 0.1) is 0 Å². The van der Waals surface area contributed by atoms with E-state index in [-0.39, 0.29) is 0 Å². The molecule has 0 aliphatic rings. The Labute approximate surface area is 344 Å². The predicted molar refractivity (Wildman–Crippen MR) is 253 cm³/mol. The number of para-hydroxylation sites is 1. The van der Waals surface area contributed by atoms with E-state index in [1.54, 1.807) is 0 Å². The average molecular weight is 750 g/mol. The lowest BCUT2D eigenvalue weighted by Gasteiger charge is -2.26. The summed E-state index contributed by atoms with van der Waals surface area (Å²) in [7, 11) is 0. The van der Waals surface area contributed by atoms with Gasteiger partial charge in [-0.05, 0) is 136 Å². The fourth-order valence-corrected chi connectivity index (χ4v) is 9.10. The molecule has 0 bridgehead atoms. The fourth-order valence-electron chi connectivity index (χ4n) is 9.10. The van der Waals surface area contributed by atoms with Crippen molar-refractivity contribution in [2.24, 2.45) is 0 Å². The highest BCUT2D eigenvalue weighted by Crippen LogP contribution is 2.43. The summed E-state index contributed by atoms with van der Waals surface area (Å²) >= 11 is 0. The summed E-state index contributed by atoms with van der Waals surface area (Å²) in [5, 5.41) is 10.2. The Bertz CT molecular complexity index is 3100. The standard InChI is InChI=1S/C58H39N/c1-2-18-44(19-3-1)59(45-34-30-40(31-35-45)47-20-8-10-26-53(47)57-38-42-16-4-6-22-49(42)51-24-12-14-28-55(51)57)46-36-32-41(33-37-46)48-21-9-11-27-54(48)58-39-43-17-5-7-23-50(43)52-25-13-15-29-56(52)58/h1-39H. The minimum Gasteiger partial charge on any atom is -0.311 e. The van der Waals surface area contributed by atoms with Crippen LogP contribution < -0.4 is 4.90 Å². The highest BCUT2D eigenvalue weighted by molar-refractivity contribution is 6.16. The molecule has 1 heteroatoms. The first-order valence-electron chi connectivity index (χ1n) is 20.3. The minimum absolute atomic E-state index is 1.10. The number of benzene rings is 11. The van der Waals surface area contributed by atoms with Crippen molar-refractivity contribution >= 4 is 60.2 Å². The van der Waals surface area contributed by atoms with Crippen LogP contribution in [0.15, 0.2) is 237 Å². The van der Waals surface area contributed by atoms with Gasteiger partial charge in [0.15, 0.2) is 0 Å². The first-order valence-corrected chi connectivity index (χ1v) is 20.3. The molecule has 0 fully saturated rings. The van der Waals surface area contributed by atoms with Crippen LogP contribution in [0.4, 0.5) is 17.1 Å². The topological polar surface area (TPSA) is 3.24 Å². The van der Waals surface area contributed by atoms with Crippen molar-refractivity contribution in [1.82, 2.24) is 0 Å². The number of fused-ring (bicyclic) bond motifs is 6. The molecule has 0 heterocycles. The van der Waals surface area contributed by atoms with Crippen molar-refractivity contribution in [3.8, 4) is 44.5 Å². The van der Waals surface area contributed by atoms with Gasteiger partial charge >= 0.3 is 0 Å². The van der Waals surface area contributed by atoms with Gasteiger partial charge in [0.25, 0.3) is 0 Å². The number of anilines is 3. The van der Waals surface area contributed by atoms with Gasteiger partial charge in [-0.2, -0.15) is 0 Å². The number of hydrogen-bond donors (Lipinski definition) is 0. The summed E-state index contributed by atoms with van der Waals surface area (Å²) in [6.07, 6.45) is 0. The van der Waals surface area contributed by atoms with E-state index in [0.717, 1.165) is 17.1 Å².